The number of halogens is 2. The summed E-state index contributed by atoms with van der Waals surface area (Å²) >= 11 is 13.3. The largest absolute Gasteiger partial charge is 0.481 e. The molecule has 0 fully saturated rings. The lowest BCUT2D eigenvalue weighted by atomic mass is 10.2. The molecule has 0 unspecified atom stereocenters. The Morgan fingerprint density at radius 3 is 2.56 bits per heavy atom. The fourth-order valence-electron chi connectivity index (χ4n) is 1.24. The molecule has 1 aromatic carbocycles. The van der Waals surface area contributed by atoms with Gasteiger partial charge >= 0.3 is 5.97 Å². The third-order valence-corrected chi connectivity index (χ3v) is 3.63. The monoisotopic (exact) mass is 307 g/mol. The van der Waals surface area contributed by atoms with E-state index in [0.29, 0.717) is 5.02 Å². The molecule has 0 radical (unpaired) electrons. The minimum Gasteiger partial charge on any atom is -0.481 e. The number of thioether (sulfide) groups is 1. The lowest BCUT2D eigenvalue weighted by Gasteiger charge is -2.08. The fourth-order valence-corrected chi connectivity index (χ4v) is 2.43. The predicted octanol–water partition coefficient (Wildman–Crippen LogP) is 2.92. The maximum Gasteiger partial charge on any atom is 0.305 e. The number of carbonyl (C=O) groups is 2. The summed E-state index contributed by atoms with van der Waals surface area (Å²) in [5, 5.41) is 11.7. The first kappa shape index (κ1) is 15.1. The van der Waals surface area contributed by atoms with E-state index >= 15 is 0 Å². The summed E-state index contributed by atoms with van der Waals surface area (Å²) in [7, 11) is 0. The van der Waals surface area contributed by atoms with Gasteiger partial charge in [-0.05, 0) is 18.4 Å². The first-order valence-corrected chi connectivity index (χ1v) is 6.96. The van der Waals surface area contributed by atoms with E-state index in [-0.39, 0.29) is 23.6 Å². The van der Waals surface area contributed by atoms with Gasteiger partial charge < -0.3 is 10.4 Å². The average molecular weight is 308 g/mol. The zero-order chi connectivity index (χ0) is 13.7. The van der Waals surface area contributed by atoms with E-state index in [1.807, 2.05) is 6.26 Å². The van der Waals surface area contributed by atoms with Crippen molar-refractivity contribution in [2.75, 3.05) is 12.8 Å². The summed E-state index contributed by atoms with van der Waals surface area (Å²) in [6.45, 7) is 0.0573. The number of hydrogen-bond acceptors (Lipinski definition) is 3. The molecular weight excluding hydrogens is 297 g/mol. The molecule has 1 rings (SSSR count). The zero-order valence-electron chi connectivity index (χ0n) is 9.50. The Labute approximate surface area is 119 Å². The van der Waals surface area contributed by atoms with E-state index in [2.05, 4.69) is 5.32 Å². The molecule has 4 nitrogen and oxygen atoms in total. The number of carboxylic acid groups (broad SMARTS) is 1. The SMILES string of the molecule is CSc1cc(C(=O)NCCC(=O)O)c(Cl)cc1Cl. The van der Waals surface area contributed by atoms with Gasteiger partial charge in [-0.25, -0.2) is 0 Å². The molecule has 0 saturated carbocycles. The highest BCUT2D eigenvalue weighted by Gasteiger charge is 2.13. The second-order valence-corrected chi connectivity index (χ2v) is 5.03. The highest BCUT2D eigenvalue weighted by atomic mass is 35.5. The Morgan fingerprint density at radius 1 is 1.33 bits per heavy atom. The van der Waals surface area contributed by atoms with Crippen LogP contribution in [-0.4, -0.2) is 29.8 Å². The van der Waals surface area contributed by atoms with Crippen LogP contribution in [0.25, 0.3) is 0 Å². The summed E-state index contributed by atoms with van der Waals surface area (Å²) in [5.74, 6) is -1.38. The van der Waals surface area contributed by atoms with Crippen LogP contribution in [0.1, 0.15) is 16.8 Å². The molecule has 1 amide bonds. The zero-order valence-corrected chi connectivity index (χ0v) is 11.8. The molecule has 0 aromatic heterocycles. The molecule has 0 aliphatic carbocycles. The van der Waals surface area contributed by atoms with Crippen molar-refractivity contribution in [3.05, 3.63) is 27.7 Å². The number of aliphatic carboxylic acids is 1. The summed E-state index contributed by atoms with van der Waals surface area (Å²) < 4.78 is 0. The minimum absolute atomic E-state index is 0.0573. The highest BCUT2D eigenvalue weighted by molar-refractivity contribution is 7.98. The van der Waals surface area contributed by atoms with Crippen molar-refractivity contribution in [2.45, 2.75) is 11.3 Å². The number of nitrogens with one attached hydrogen (secondary N) is 1. The summed E-state index contributed by atoms with van der Waals surface area (Å²) in [5.41, 5.74) is 0.288. The van der Waals surface area contributed by atoms with Crippen molar-refractivity contribution < 1.29 is 14.7 Å². The van der Waals surface area contributed by atoms with Crippen LogP contribution in [0, 0.1) is 0 Å². The van der Waals surface area contributed by atoms with Crippen molar-refractivity contribution in [2.24, 2.45) is 0 Å². The van der Waals surface area contributed by atoms with Gasteiger partial charge in [-0.1, -0.05) is 23.2 Å². The molecule has 0 atom stereocenters. The number of carboxylic acids is 1. The van der Waals surface area contributed by atoms with Crippen LogP contribution in [0.4, 0.5) is 0 Å². The molecule has 0 aliphatic rings. The van der Waals surface area contributed by atoms with Crippen molar-refractivity contribution in [1.82, 2.24) is 5.32 Å². The van der Waals surface area contributed by atoms with Crippen molar-refractivity contribution >= 4 is 46.8 Å². The Balaban J connectivity index is 2.82. The molecule has 2 N–H and O–H groups in total. The quantitative estimate of drug-likeness (QED) is 0.821. The molecule has 1 aromatic rings. The van der Waals surface area contributed by atoms with E-state index < -0.39 is 11.9 Å². The normalized spacial score (nSPS) is 10.2. The number of benzene rings is 1. The molecule has 0 aliphatic heterocycles. The molecule has 0 saturated heterocycles. The molecule has 0 bridgehead atoms. The Hall–Kier alpha value is -0.910. The average Bonchev–Trinajstić information content (AvgIpc) is 2.28. The van der Waals surface area contributed by atoms with E-state index in [4.69, 9.17) is 28.3 Å². The predicted molar refractivity (Wildman–Crippen MR) is 72.8 cm³/mol. The first-order valence-electron chi connectivity index (χ1n) is 4.98. The fraction of sp³-hybridized carbons (Fsp3) is 0.273. The molecular formula is C11H11Cl2NO3S. The van der Waals surface area contributed by atoms with Gasteiger partial charge in [-0.2, -0.15) is 0 Å². The Bertz CT molecular complexity index is 480. The Kier molecular flexibility index (Phi) is 5.78. The van der Waals surface area contributed by atoms with Crippen LogP contribution in [0.15, 0.2) is 17.0 Å². The number of amides is 1. The molecule has 0 spiro atoms. The summed E-state index contributed by atoms with van der Waals surface area (Å²) in [4.78, 5) is 22.9. The van der Waals surface area contributed by atoms with Crippen LogP contribution < -0.4 is 5.32 Å². The maximum atomic E-state index is 11.8. The van der Waals surface area contributed by atoms with Gasteiger partial charge in [0.15, 0.2) is 0 Å². The lowest BCUT2D eigenvalue weighted by Crippen LogP contribution is -2.26. The molecule has 0 heterocycles. The van der Waals surface area contributed by atoms with Crippen LogP contribution in [0.2, 0.25) is 10.0 Å². The topological polar surface area (TPSA) is 66.4 Å². The van der Waals surface area contributed by atoms with E-state index in [1.54, 1.807) is 6.07 Å². The van der Waals surface area contributed by atoms with Crippen LogP contribution in [0.3, 0.4) is 0 Å². The highest BCUT2D eigenvalue weighted by Crippen LogP contribution is 2.31. The standard InChI is InChI=1S/C11H11Cl2NO3S/c1-18-9-4-6(7(12)5-8(9)13)11(17)14-3-2-10(15)16/h4-5H,2-3H2,1H3,(H,14,17)(H,15,16). The first-order chi connectivity index (χ1) is 8.45. The Morgan fingerprint density at radius 2 is 2.00 bits per heavy atom. The number of carbonyl (C=O) groups excluding carboxylic acids is 1. The van der Waals surface area contributed by atoms with E-state index in [9.17, 15) is 9.59 Å². The van der Waals surface area contributed by atoms with Gasteiger partial charge in [-0.15, -0.1) is 11.8 Å². The van der Waals surface area contributed by atoms with Gasteiger partial charge in [0.2, 0.25) is 0 Å². The van der Waals surface area contributed by atoms with Crippen LogP contribution in [0.5, 0.6) is 0 Å². The second kappa shape index (κ2) is 6.87. The number of hydrogen-bond donors (Lipinski definition) is 2. The van der Waals surface area contributed by atoms with Gasteiger partial charge in [0, 0.05) is 11.4 Å². The lowest BCUT2D eigenvalue weighted by molar-refractivity contribution is -0.136. The minimum atomic E-state index is -0.970. The van der Waals surface area contributed by atoms with Gasteiger partial charge in [-0.3, -0.25) is 9.59 Å². The third kappa shape index (κ3) is 4.08. The van der Waals surface area contributed by atoms with E-state index in [1.165, 1.54) is 17.8 Å². The molecule has 98 valence electrons. The maximum absolute atomic E-state index is 11.8. The van der Waals surface area contributed by atoms with Gasteiger partial charge in [0.1, 0.15) is 0 Å². The molecule has 7 heteroatoms. The van der Waals surface area contributed by atoms with Gasteiger partial charge in [0.25, 0.3) is 5.91 Å². The van der Waals surface area contributed by atoms with Crippen molar-refractivity contribution in [1.29, 1.82) is 0 Å². The second-order valence-electron chi connectivity index (χ2n) is 3.37. The van der Waals surface area contributed by atoms with Crippen LogP contribution >= 0.6 is 35.0 Å². The van der Waals surface area contributed by atoms with E-state index in [0.717, 1.165) is 4.90 Å². The van der Waals surface area contributed by atoms with Crippen molar-refractivity contribution in [3.8, 4) is 0 Å². The smallest absolute Gasteiger partial charge is 0.305 e. The van der Waals surface area contributed by atoms with Crippen LogP contribution in [-0.2, 0) is 4.79 Å². The third-order valence-electron chi connectivity index (χ3n) is 2.11. The summed E-state index contributed by atoms with van der Waals surface area (Å²) in [6, 6.07) is 3.09. The summed E-state index contributed by atoms with van der Waals surface area (Å²) in [6.07, 6.45) is 1.70. The van der Waals surface area contributed by atoms with Gasteiger partial charge in [0.05, 0.1) is 22.0 Å². The number of rotatable bonds is 5. The molecule has 18 heavy (non-hydrogen) atoms. The van der Waals surface area contributed by atoms with Crippen molar-refractivity contribution in [3.63, 3.8) is 0 Å².